The number of alkyl halides is 3. The molecule has 2 aromatic rings. The highest BCUT2D eigenvalue weighted by Crippen LogP contribution is 2.38. The lowest BCUT2D eigenvalue weighted by atomic mass is 9.81. The summed E-state index contributed by atoms with van der Waals surface area (Å²) in [4.78, 5) is 49.8. The number of carbonyl (C=O) groups is 3. The average Bonchev–Trinajstić information content (AvgIpc) is 3.08. The number of rotatable bonds is 7. The minimum absolute atomic E-state index is 0.0400. The van der Waals surface area contributed by atoms with Crippen molar-refractivity contribution in [1.82, 2.24) is 4.90 Å². The number of likely N-dealkylation sites (tertiary alicyclic amines) is 1. The number of halogens is 3. The number of nitro groups is 1. The van der Waals surface area contributed by atoms with Crippen molar-refractivity contribution >= 4 is 34.8 Å². The molecular weight excluding hydrogens is 481 g/mol. The molecule has 2 unspecified atom stereocenters. The minimum Gasteiger partial charge on any atom is -0.378 e. The van der Waals surface area contributed by atoms with Crippen molar-refractivity contribution in [1.29, 1.82) is 0 Å². The van der Waals surface area contributed by atoms with Gasteiger partial charge in [0.25, 0.3) is 11.6 Å². The molecule has 2 atom stereocenters. The number of amides is 3. The Morgan fingerprint density at radius 3 is 2.28 bits per heavy atom. The highest BCUT2D eigenvalue weighted by atomic mass is 19.4. The van der Waals surface area contributed by atoms with Crippen LogP contribution in [0.4, 0.5) is 30.2 Å². The lowest BCUT2D eigenvalue weighted by molar-refractivity contribution is -0.384. The molecular formula is C24H23F3N4O5. The van der Waals surface area contributed by atoms with Crippen LogP contribution in [0.15, 0.2) is 42.5 Å². The summed E-state index contributed by atoms with van der Waals surface area (Å²) in [5, 5.41) is 16.6. The smallest absolute Gasteiger partial charge is 0.378 e. The Labute approximate surface area is 203 Å². The van der Waals surface area contributed by atoms with E-state index < -0.39 is 33.9 Å². The molecule has 3 amide bonds. The summed E-state index contributed by atoms with van der Waals surface area (Å²) in [6.07, 6.45) is -1.52. The molecule has 1 aliphatic carbocycles. The molecule has 1 saturated carbocycles. The standard InChI is InChI=1S/C24H23F3N4O5/c25-24(26,27)17-7-3-4-8-18(17)29-21(32)14-9-10-19(20(13-14)31(35)36)28-11-12-30-22(33)15-5-1-2-6-16(15)23(30)34/h3-4,7-10,13,15-16,28H,1-2,5-6,11-12H2,(H,29,32). The van der Waals surface area contributed by atoms with Crippen molar-refractivity contribution in [2.75, 3.05) is 23.7 Å². The van der Waals surface area contributed by atoms with Crippen molar-refractivity contribution < 1.29 is 32.5 Å². The van der Waals surface area contributed by atoms with Crippen molar-refractivity contribution in [3.05, 3.63) is 63.7 Å². The second-order valence-corrected chi connectivity index (χ2v) is 8.74. The van der Waals surface area contributed by atoms with Gasteiger partial charge in [0.05, 0.1) is 28.0 Å². The van der Waals surface area contributed by atoms with Gasteiger partial charge < -0.3 is 10.6 Å². The molecule has 1 saturated heterocycles. The molecule has 2 N–H and O–H groups in total. The van der Waals surface area contributed by atoms with Gasteiger partial charge in [0.15, 0.2) is 0 Å². The maximum Gasteiger partial charge on any atom is 0.418 e. The van der Waals surface area contributed by atoms with Gasteiger partial charge in [-0.2, -0.15) is 13.2 Å². The first-order valence-electron chi connectivity index (χ1n) is 11.4. The zero-order chi connectivity index (χ0) is 26.0. The fourth-order valence-corrected chi connectivity index (χ4v) is 4.76. The van der Waals surface area contributed by atoms with Gasteiger partial charge in [-0.15, -0.1) is 0 Å². The number of carbonyl (C=O) groups excluding carboxylic acids is 3. The van der Waals surface area contributed by atoms with E-state index in [-0.39, 0.29) is 48.0 Å². The normalized spacial score (nSPS) is 19.7. The number of nitrogens with one attached hydrogen (secondary N) is 2. The zero-order valence-corrected chi connectivity index (χ0v) is 19.0. The second-order valence-electron chi connectivity index (χ2n) is 8.74. The van der Waals surface area contributed by atoms with Crippen LogP contribution in [0.2, 0.25) is 0 Å². The predicted octanol–water partition coefficient (Wildman–Crippen LogP) is 4.45. The summed E-state index contributed by atoms with van der Waals surface area (Å²) in [5.41, 5.74) is -2.15. The van der Waals surface area contributed by atoms with Crippen molar-refractivity contribution in [3.63, 3.8) is 0 Å². The molecule has 0 aromatic heterocycles. The largest absolute Gasteiger partial charge is 0.418 e. The van der Waals surface area contributed by atoms with Gasteiger partial charge in [-0.3, -0.25) is 29.4 Å². The van der Waals surface area contributed by atoms with Crippen LogP contribution in [0.25, 0.3) is 0 Å². The van der Waals surface area contributed by atoms with Gasteiger partial charge >= 0.3 is 6.18 Å². The molecule has 2 fully saturated rings. The second kappa shape index (κ2) is 9.96. The SMILES string of the molecule is O=C(Nc1ccccc1C(F)(F)F)c1ccc(NCCN2C(=O)C3CCCCC3C2=O)c([N+](=O)[O-])c1. The summed E-state index contributed by atoms with van der Waals surface area (Å²) in [6, 6.07) is 7.86. The fourth-order valence-electron chi connectivity index (χ4n) is 4.76. The Bertz CT molecular complexity index is 1190. The van der Waals surface area contributed by atoms with Gasteiger partial charge in [0.1, 0.15) is 5.69 Å². The van der Waals surface area contributed by atoms with E-state index in [9.17, 15) is 37.7 Å². The maximum absolute atomic E-state index is 13.2. The molecule has 9 nitrogen and oxygen atoms in total. The van der Waals surface area contributed by atoms with Crippen LogP contribution >= 0.6 is 0 Å². The summed E-state index contributed by atoms with van der Waals surface area (Å²) in [7, 11) is 0. The number of benzene rings is 2. The van der Waals surface area contributed by atoms with Gasteiger partial charge in [-0.05, 0) is 37.1 Å². The first-order chi connectivity index (χ1) is 17.1. The highest BCUT2D eigenvalue weighted by Gasteiger charge is 2.47. The Morgan fingerprint density at radius 1 is 1.03 bits per heavy atom. The van der Waals surface area contributed by atoms with Gasteiger partial charge in [-0.1, -0.05) is 25.0 Å². The number of fused-ring (bicyclic) bond motifs is 1. The molecule has 36 heavy (non-hydrogen) atoms. The first kappa shape index (κ1) is 25.1. The Balaban J connectivity index is 1.45. The third-order valence-corrected chi connectivity index (χ3v) is 6.52. The molecule has 190 valence electrons. The lowest BCUT2D eigenvalue weighted by Crippen LogP contribution is -2.35. The molecule has 2 aromatic carbocycles. The van der Waals surface area contributed by atoms with Crippen LogP contribution in [0.5, 0.6) is 0 Å². The van der Waals surface area contributed by atoms with Crippen LogP contribution in [-0.4, -0.2) is 40.6 Å². The quantitative estimate of drug-likeness (QED) is 0.326. The van der Waals surface area contributed by atoms with E-state index in [1.54, 1.807) is 0 Å². The zero-order valence-electron chi connectivity index (χ0n) is 19.0. The number of nitrogens with zero attached hydrogens (tertiary/aromatic N) is 2. The van der Waals surface area contributed by atoms with E-state index in [1.165, 1.54) is 29.2 Å². The molecule has 1 aliphatic heterocycles. The van der Waals surface area contributed by atoms with E-state index in [1.807, 2.05) is 0 Å². The predicted molar refractivity (Wildman–Crippen MR) is 123 cm³/mol. The van der Waals surface area contributed by atoms with Crippen molar-refractivity contribution in [3.8, 4) is 0 Å². The van der Waals surface area contributed by atoms with Crippen LogP contribution in [0.1, 0.15) is 41.6 Å². The van der Waals surface area contributed by atoms with Crippen molar-refractivity contribution in [2.45, 2.75) is 31.9 Å². The number of imide groups is 1. The van der Waals surface area contributed by atoms with Crippen LogP contribution in [-0.2, 0) is 15.8 Å². The van der Waals surface area contributed by atoms with Crippen LogP contribution in [0, 0.1) is 22.0 Å². The molecule has 0 spiro atoms. The molecule has 0 radical (unpaired) electrons. The first-order valence-corrected chi connectivity index (χ1v) is 11.4. The summed E-state index contributed by atoms with van der Waals surface area (Å²) >= 11 is 0. The van der Waals surface area contributed by atoms with E-state index >= 15 is 0 Å². The number of anilines is 2. The fraction of sp³-hybridized carbons (Fsp3) is 0.375. The number of hydrogen-bond acceptors (Lipinski definition) is 6. The molecule has 4 rings (SSSR count). The van der Waals surface area contributed by atoms with Gasteiger partial charge in [0, 0.05) is 24.7 Å². The van der Waals surface area contributed by atoms with E-state index in [2.05, 4.69) is 10.6 Å². The monoisotopic (exact) mass is 504 g/mol. The topological polar surface area (TPSA) is 122 Å². The third kappa shape index (κ3) is 5.02. The van der Waals surface area contributed by atoms with Crippen molar-refractivity contribution in [2.24, 2.45) is 11.8 Å². The highest BCUT2D eigenvalue weighted by molar-refractivity contribution is 6.06. The van der Waals surface area contributed by atoms with E-state index in [0.29, 0.717) is 12.8 Å². The summed E-state index contributed by atoms with van der Waals surface area (Å²) < 4.78 is 39.6. The molecule has 12 heteroatoms. The van der Waals surface area contributed by atoms with Crippen LogP contribution in [0.3, 0.4) is 0 Å². The minimum atomic E-state index is -4.69. The number of para-hydroxylation sites is 1. The third-order valence-electron chi connectivity index (χ3n) is 6.52. The van der Waals surface area contributed by atoms with E-state index in [0.717, 1.165) is 31.0 Å². The Morgan fingerprint density at radius 2 is 1.67 bits per heavy atom. The van der Waals surface area contributed by atoms with Gasteiger partial charge in [-0.25, -0.2) is 0 Å². The Kier molecular flexibility index (Phi) is 6.95. The summed E-state index contributed by atoms with van der Waals surface area (Å²) in [6.45, 7) is 0.0978. The van der Waals surface area contributed by atoms with Crippen LogP contribution < -0.4 is 10.6 Å². The Hall–Kier alpha value is -3.96. The van der Waals surface area contributed by atoms with E-state index in [4.69, 9.17) is 0 Å². The lowest BCUT2D eigenvalue weighted by Gasteiger charge is -2.19. The summed E-state index contributed by atoms with van der Waals surface area (Å²) in [5.74, 6) is -1.96. The molecule has 0 bridgehead atoms. The van der Waals surface area contributed by atoms with Gasteiger partial charge in [0.2, 0.25) is 11.8 Å². The average molecular weight is 504 g/mol. The maximum atomic E-state index is 13.2. The molecule has 1 heterocycles. The number of hydrogen-bond donors (Lipinski definition) is 2. The molecule has 2 aliphatic rings. The number of nitro benzene ring substituents is 1.